The van der Waals surface area contributed by atoms with Gasteiger partial charge in [0.2, 0.25) is 0 Å². The number of aldehydes is 1. The maximum Gasteiger partial charge on any atom is 0.141 e. The van der Waals surface area contributed by atoms with E-state index in [4.69, 9.17) is 11.6 Å². The first-order valence-electron chi connectivity index (χ1n) is 3.72. The molecular formula is C8H6ClN3O. The Bertz CT molecular complexity index is 452. The average molecular weight is 196 g/mol. The van der Waals surface area contributed by atoms with Crippen molar-refractivity contribution < 1.29 is 4.79 Å². The number of pyridine rings is 1. The number of halogens is 1. The molecule has 2 heterocycles. The van der Waals surface area contributed by atoms with E-state index in [0.29, 0.717) is 5.15 Å². The summed E-state index contributed by atoms with van der Waals surface area (Å²) in [5.41, 5.74) is 0.816. The third-order valence-corrected chi connectivity index (χ3v) is 1.95. The molecule has 66 valence electrons. The van der Waals surface area contributed by atoms with Gasteiger partial charge in [-0.3, -0.25) is 4.68 Å². The Hall–Kier alpha value is -1.42. The van der Waals surface area contributed by atoms with Gasteiger partial charge in [0.05, 0.1) is 24.5 Å². The van der Waals surface area contributed by atoms with Crippen LogP contribution < -0.4 is 0 Å². The number of fused-ring (bicyclic) bond motifs is 1. The second-order valence-electron chi connectivity index (χ2n) is 2.56. The van der Waals surface area contributed by atoms with Gasteiger partial charge in [-0.1, -0.05) is 11.6 Å². The molecule has 0 saturated heterocycles. The molecule has 2 aromatic heterocycles. The fourth-order valence-electron chi connectivity index (χ4n) is 1.17. The van der Waals surface area contributed by atoms with Crippen molar-refractivity contribution in [1.29, 1.82) is 0 Å². The summed E-state index contributed by atoms with van der Waals surface area (Å²) in [6.07, 6.45) is 4.06. The molecule has 0 aliphatic heterocycles. The second-order valence-corrected chi connectivity index (χ2v) is 2.95. The zero-order chi connectivity index (χ0) is 9.26. The largest absolute Gasteiger partial charge is 0.301 e. The Morgan fingerprint density at radius 2 is 2.38 bits per heavy atom. The van der Waals surface area contributed by atoms with Crippen molar-refractivity contribution in [2.24, 2.45) is 0 Å². The molecule has 0 unspecified atom stereocenters. The van der Waals surface area contributed by atoms with E-state index in [1.807, 2.05) is 0 Å². The van der Waals surface area contributed by atoms with Crippen LogP contribution in [0, 0.1) is 0 Å². The van der Waals surface area contributed by atoms with Crippen molar-refractivity contribution in [2.75, 3.05) is 0 Å². The predicted molar refractivity (Wildman–Crippen MR) is 48.6 cm³/mol. The second kappa shape index (κ2) is 3.14. The average Bonchev–Trinajstić information content (AvgIpc) is 2.49. The SMILES string of the molecule is O=CCn1ncc2cc(Cl)ncc21. The van der Waals surface area contributed by atoms with E-state index < -0.39 is 0 Å². The van der Waals surface area contributed by atoms with E-state index in [1.54, 1.807) is 23.1 Å². The lowest BCUT2D eigenvalue weighted by molar-refractivity contribution is -0.108. The fourth-order valence-corrected chi connectivity index (χ4v) is 1.33. The number of carbonyl (C=O) groups is 1. The van der Waals surface area contributed by atoms with Crippen LogP contribution in [0.4, 0.5) is 0 Å². The summed E-state index contributed by atoms with van der Waals surface area (Å²) >= 11 is 5.69. The lowest BCUT2D eigenvalue weighted by atomic mass is 10.3. The molecule has 0 N–H and O–H groups in total. The molecule has 0 saturated carbocycles. The topological polar surface area (TPSA) is 47.8 Å². The molecule has 2 aromatic rings. The third-order valence-electron chi connectivity index (χ3n) is 1.74. The van der Waals surface area contributed by atoms with E-state index in [1.165, 1.54) is 0 Å². The highest BCUT2D eigenvalue weighted by molar-refractivity contribution is 6.30. The number of aromatic nitrogens is 3. The monoisotopic (exact) mass is 195 g/mol. The lowest BCUT2D eigenvalue weighted by Gasteiger charge is -1.95. The molecule has 0 bridgehead atoms. The maximum atomic E-state index is 10.3. The molecular weight excluding hydrogens is 190 g/mol. The Balaban J connectivity index is 2.61. The summed E-state index contributed by atoms with van der Waals surface area (Å²) < 4.78 is 1.58. The predicted octanol–water partition coefficient (Wildman–Crippen LogP) is 1.28. The molecule has 0 fully saturated rings. The van der Waals surface area contributed by atoms with Gasteiger partial charge in [-0.05, 0) is 6.07 Å². The lowest BCUT2D eigenvalue weighted by Crippen LogP contribution is -2.00. The van der Waals surface area contributed by atoms with Crippen LogP contribution in [-0.4, -0.2) is 21.1 Å². The minimum absolute atomic E-state index is 0.243. The minimum atomic E-state index is 0.243. The molecule has 0 amide bonds. The van der Waals surface area contributed by atoms with Gasteiger partial charge in [0.15, 0.2) is 0 Å². The van der Waals surface area contributed by atoms with Gasteiger partial charge in [0, 0.05) is 5.39 Å². The number of hydrogen-bond donors (Lipinski definition) is 0. The molecule has 0 aliphatic rings. The third kappa shape index (κ3) is 1.40. The van der Waals surface area contributed by atoms with E-state index in [0.717, 1.165) is 17.2 Å². The molecule has 4 nitrogen and oxygen atoms in total. The summed E-state index contributed by atoms with van der Waals surface area (Å²) in [6, 6.07) is 1.71. The van der Waals surface area contributed by atoms with Crippen molar-refractivity contribution in [3.8, 4) is 0 Å². The maximum absolute atomic E-state index is 10.3. The van der Waals surface area contributed by atoms with E-state index >= 15 is 0 Å². The summed E-state index contributed by atoms with van der Waals surface area (Å²) in [5, 5.41) is 5.33. The molecule has 0 spiro atoms. The van der Waals surface area contributed by atoms with E-state index in [2.05, 4.69) is 10.1 Å². The summed E-state index contributed by atoms with van der Waals surface area (Å²) in [6.45, 7) is 0.243. The van der Waals surface area contributed by atoms with Crippen LogP contribution in [-0.2, 0) is 11.3 Å². The van der Waals surface area contributed by atoms with Gasteiger partial charge in [0.25, 0.3) is 0 Å². The van der Waals surface area contributed by atoms with Crippen molar-refractivity contribution >= 4 is 28.8 Å². The molecule has 2 rings (SSSR count). The van der Waals surface area contributed by atoms with Crippen LogP contribution in [0.25, 0.3) is 10.9 Å². The van der Waals surface area contributed by atoms with Crippen LogP contribution in [0.2, 0.25) is 5.15 Å². The smallest absolute Gasteiger partial charge is 0.141 e. The zero-order valence-corrected chi connectivity index (χ0v) is 7.40. The van der Waals surface area contributed by atoms with Crippen LogP contribution >= 0.6 is 11.6 Å². The highest BCUT2D eigenvalue weighted by Crippen LogP contribution is 2.15. The molecule has 0 aliphatic carbocycles. The zero-order valence-electron chi connectivity index (χ0n) is 6.64. The Kier molecular flexibility index (Phi) is 1.98. The standard InChI is InChI=1S/C8H6ClN3O/c9-8-3-6-4-11-12(1-2-13)7(6)5-10-8/h2-5H,1H2. The molecule has 13 heavy (non-hydrogen) atoms. The Morgan fingerprint density at radius 1 is 1.54 bits per heavy atom. The van der Waals surface area contributed by atoms with Gasteiger partial charge >= 0.3 is 0 Å². The summed E-state index contributed by atoms with van der Waals surface area (Å²) in [5.74, 6) is 0. The highest BCUT2D eigenvalue weighted by Gasteiger charge is 2.02. The summed E-state index contributed by atoms with van der Waals surface area (Å²) in [4.78, 5) is 14.2. The number of hydrogen-bond acceptors (Lipinski definition) is 3. The van der Waals surface area contributed by atoms with E-state index in [-0.39, 0.29) is 6.54 Å². The molecule has 0 aromatic carbocycles. The van der Waals surface area contributed by atoms with Crippen LogP contribution in [0.1, 0.15) is 0 Å². The fraction of sp³-hybridized carbons (Fsp3) is 0.125. The molecule has 0 atom stereocenters. The van der Waals surface area contributed by atoms with Crippen molar-refractivity contribution in [2.45, 2.75) is 6.54 Å². The van der Waals surface area contributed by atoms with Crippen LogP contribution in [0.15, 0.2) is 18.5 Å². The quantitative estimate of drug-likeness (QED) is 0.536. The van der Waals surface area contributed by atoms with Gasteiger partial charge in [0.1, 0.15) is 11.4 Å². The minimum Gasteiger partial charge on any atom is -0.301 e. The first-order chi connectivity index (χ1) is 6.31. The summed E-state index contributed by atoms with van der Waals surface area (Å²) in [7, 11) is 0. The Labute approximate surface area is 79.1 Å². The van der Waals surface area contributed by atoms with Gasteiger partial charge in [-0.2, -0.15) is 5.10 Å². The van der Waals surface area contributed by atoms with Crippen LogP contribution in [0.3, 0.4) is 0 Å². The number of nitrogens with zero attached hydrogens (tertiary/aromatic N) is 3. The van der Waals surface area contributed by atoms with Gasteiger partial charge < -0.3 is 4.79 Å². The van der Waals surface area contributed by atoms with Gasteiger partial charge in [-0.25, -0.2) is 4.98 Å². The molecule has 0 radical (unpaired) electrons. The Morgan fingerprint density at radius 3 is 3.15 bits per heavy atom. The normalized spacial score (nSPS) is 10.5. The number of rotatable bonds is 2. The first-order valence-corrected chi connectivity index (χ1v) is 4.10. The van der Waals surface area contributed by atoms with Crippen molar-refractivity contribution in [3.63, 3.8) is 0 Å². The van der Waals surface area contributed by atoms with E-state index in [9.17, 15) is 4.79 Å². The van der Waals surface area contributed by atoms with Crippen molar-refractivity contribution in [3.05, 3.63) is 23.6 Å². The van der Waals surface area contributed by atoms with Crippen LogP contribution in [0.5, 0.6) is 0 Å². The van der Waals surface area contributed by atoms with Crippen molar-refractivity contribution in [1.82, 2.24) is 14.8 Å². The molecule has 5 heteroatoms. The number of carbonyl (C=O) groups excluding carboxylic acids is 1. The highest BCUT2D eigenvalue weighted by atomic mass is 35.5. The first kappa shape index (κ1) is 8.19. The van der Waals surface area contributed by atoms with Gasteiger partial charge in [-0.15, -0.1) is 0 Å².